The number of unbranched alkanes of at least 4 members (excludes halogenated alkanes) is 2. The SMILES string of the molecule is CCCCCC(C)(O)Cc1c(F)cccc1F. The highest BCUT2D eigenvalue weighted by Crippen LogP contribution is 2.23. The van der Waals surface area contributed by atoms with Gasteiger partial charge in [-0.05, 0) is 25.5 Å². The Kier molecular flexibility index (Phi) is 5.06. The number of aliphatic hydroxyl groups is 1. The van der Waals surface area contributed by atoms with E-state index in [-0.39, 0.29) is 12.0 Å². The molecule has 1 atom stereocenters. The average Bonchev–Trinajstić information content (AvgIpc) is 2.24. The van der Waals surface area contributed by atoms with Crippen LogP contribution in [-0.4, -0.2) is 10.7 Å². The molecule has 0 bridgehead atoms. The van der Waals surface area contributed by atoms with Crippen molar-refractivity contribution in [1.82, 2.24) is 0 Å². The minimum atomic E-state index is -1.04. The van der Waals surface area contributed by atoms with E-state index >= 15 is 0 Å². The summed E-state index contributed by atoms with van der Waals surface area (Å²) in [7, 11) is 0. The quantitative estimate of drug-likeness (QED) is 0.751. The molecule has 0 amide bonds. The summed E-state index contributed by atoms with van der Waals surface area (Å²) >= 11 is 0. The summed E-state index contributed by atoms with van der Waals surface area (Å²) < 4.78 is 26.8. The van der Waals surface area contributed by atoms with E-state index in [1.807, 2.05) is 0 Å². The standard InChI is InChI=1S/C14H20F2O/c1-3-4-5-9-14(2,17)10-11-12(15)7-6-8-13(11)16/h6-8,17H,3-5,9-10H2,1-2H3. The van der Waals surface area contributed by atoms with Crippen LogP contribution in [0.15, 0.2) is 18.2 Å². The number of halogens is 2. The van der Waals surface area contributed by atoms with Gasteiger partial charge in [0, 0.05) is 12.0 Å². The zero-order valence-corrected chi connectivity index (χ0v) is 10.5. The molecule has 0 spiro atoms. The summed E-state index contributed by atoms with van der Waals surface area (Å²) in [6, 6.07) is 3.78. The third-order valence-corrected chi connectivity index (χ3v) is 2.94. The van der Waals surface area contributed by atoms with Crippen LogP contribution in [0.3, 0.4) is 0 Å². The predicted molar refractivity (Wildman–Crippen MR) is 64.8 cm³/mol. The van der Waals surface area contributed by atoms with E-state index in [2.05, 4.69) is 6.92 Å². The highest BCUT2D eigenvalue weighted by atomic mass is 19.1. The lowest BCUT2D eigenvalue weighted by Gasteiger charge is -2.23. The predicted octanol–water partition coefficient (Wildman–Crippen LogP) is 3.84. The van der Waals surface area contributed by atoms with E-state index in [9.17, 15) is 13.9 Å². The first kappa shape index (κ1) is 14.1. The van der Waals surface area contributed by atoms with Crippen LogP contribution in [0.1, 0.15) is 45.1 Å². The molecular formula is C14H20F2O. The van der Waals surface area contributed by atoms with Crippen LogP contribution in [0, 0.1) is 11.6 Å². The molecule has 96 valence electrons. The maximum absolute atomic E-state index is 13.4. The first-order valence-electron chi connectivity index (χ1n) is 6.11. The Labute approximate surface area is 101 Å². The van der Waals surface area contributed by atoms with Crippen LogP contribution in [0.2, 0.25) is 0 Å². The molecule has 0 saturated heterocycles. The van der Waals surface area contributed by atoms with Crippen LogP contribution >= 0.6 is 0 Å². The maximum atomic E-state index is 13.4. The molecule has 1 aromatic carbocycles. The highest BCUT2D eigenvalue weighted by molar-refractivity contribution is 5.21. The maximum Gasteiger partial charge on any atom is 0.129 e. The van der Waals surface area contributed by atoms with Gasteiger partial charge in [0.15, 0.2) is 0 Å². The summed E-state index contributed by atoms with van der Waals surface area (Å²) in [5.74, 6) is -1.17. The first-order valence-corrected chi connectivity index (χ1v) is 6.11. The summed E-state index contributed by atoms with van der Waals surface area (Å²) in [6.45, 7) is 3.71. The Morgan fingerprint density at radius 1 is 1.18 bits per heavy atom. The van der Waals surface area contributed by atoms with Crippen LogP contribution in [0.5, 0.6) is 0 Å². The lowest BCUT2D eigenvalue weighted by molar-refractivity contribution is 0.0468. The fraction of sp³-hybridized carbons (Fsp3) is 0.571. The topological polar surface area (TPSA) is 20.2 Å². The minimum Gasteiger partial charge on any atom is -0.390 e. The molecule has 1 nitrogen and oxygen atoms in total. The monoisotopic (exact) mass is 242 g/mol. The first-order chi connectivity index (χ1) is 7.96. The summed E-state index contributed by atoms with van der Waals surface area (Å²) in [6.07, 6.45) is 3.55. The van der Waals surface area contributed by atoms with Gasteiger partial charge in [0.1, 0.15) is 11.6 Å². The average molecular weight is 242 g/mol. The second-order valence-corrected chi connectivity index (χ2v) is 4.83. The van der Waals surface area contributed by atoms with Crippen molar-refractivity contribution in [3.8, 4) is 0 Å². The van der Waals surface area contributed by atoms with Crippen molar-refractivity contribution in [2.75, 3.05) is 0 Å². The summed E-state index contributed by atoms with van der Waals surface area (Å²) in [5, 5.41) is 10.1. The van der Waals surface area contributed by atoms with E-state index in [0.717, 1.165) is 19.3 Å². The molecule has 1 unspecified atom stereocenters. The smallest absolute Gasteiger partial charge is 0.129 e. The molecule has 0 aliphatic heterocycles. The Hall–Kier alpha value is -0.960. The van der Waals surface area contributed by atoms with Crippen LogP contribution in [-0.2, 0) is 6.42 Å². The van der Waals surface area contributed by atoms with Gasteiger partial charge in [-0.3, -0.25) is 0 Å². The Morgan fingerprint density at radius 3 is 2.29 bits per heavy atom. The fourth-order valence-electron chi connectivity index (χ4n) is 1.93. The van der Waals surface area contributed by atoms with Crippen molar-refractivity contribution in [1.29, 1.82) is 0 Å². The fourth-order valence-corrected chi connectivity index (χ4v) is 1.93. The highest BCUT2D eigenvalue weighted by Gasteiger charge is 2.23. The van der Waals surface area contributed by atoms with E-state index in [1.165, 1.54) is 18.2 Å². The van der Waals surface area contributed by atoms with Crippen LogP contribution in [0.4, 0.5) is 8.78 Å². The van der Waals surface area contributed by atoms with Gasteiger partial charge in [-0.2, -0.15) is 0 Å². The van der Waals surface area contributed by atoms with Crippen molar-refractivity contribution in [2.24, 2.45) is 0 Å². The van der Waals surface area contributed by atoms with Gasteiger partial charge in [-0.25, -0.2) is 8.78 Å². The number of benzene rings is 1. The van der Waals surface area contributed by atoms with E-state index in [0.29, 0.717) is 6.42 Å². The summed E-state index contributed by atoms with van der Waals surface area (Å²) in [4.78, 5) is 0. The van der Waals surface area contributed by atoms with Gasteiger partial charge in [0.2, 0.25) is 0 Å². The molecule has 0 heterocycles. The lowest BCUT2D eigenvalue weighted by Crippen LogP contribution is -2.28. The van der Waals surface area contributed by atoms with Gasteiger partial charge in [-0.15, -0.1) is 0 Å². The number of rotatable bonds is 6. The molecule has 0 aliphatic rings. The van der Waals surface area contributed by atoms with Crippen molar-refractivity contribution in [3.63, 3.8) is 0 Å². The molecule has 0 fully saturated rings. The van der Waals surface area contributed by atoms with Crippen molar-refractivity contribution >= 4 is 0 Å². The normalized spacial score (nSPS) is 14.6. The second kappa shape index (κ2) is 6.10. The molecule has 0 saturated carbocycles. The van der Waals surface area contributed by atoms with Crippen LogP contribution < -0.4 is 0 Å². The van der Waals surface area contributed by atoms with Gasteiger partial charge in [0.05, 0.1) is 5.60 Å². The molecule has 17 heavy (non-hydrogen) atoms. The molecule has 3 heteroatoms. The summed E-state index contributed by atoms with van der Waals surface area (Å²) in [5.41, 5.74) is -1.06. The zero-order valence-electron chi connectivity index (χ0n) is 10.5. The Bertz CT molecular complexity index is 341. The van der Waals surface area contributed by atoms with E-state index < -0.39 is 17.2 Å². The molecule has 1 rings (SSSR count). The lowest BCUT2D eigenvalue weighted by atomic mass is 9.90. The molecule has 0 aliphatic carbocycles. The number of hydrogen-bond acceptors (Lipinski definition) is 1. The van der Waals surface area contributed by atoms with Gasteiger partial charge < -0.3 is 5.11 Å². The van der Waals surface area contributed by atoms with Crippen molar-refractivity contribution < 1.29 is 13.9 Å². The largest absolute Gasteiger partial charge is 0.390 e. The molecule has 0 radical (unpaired) electrons. The Morgan fingerprint density at radius 2 is 1.76 bits per heavy atom. The second-order valence-electron chi connectivity index (χ2n) is 4.83. The van der Waals surface area contributed by atoms with E-state index in [1.54, 1.807) is 6.92 Å². The molecular weight excluding hydrogens is 222 g/mol. The molecule has 1 N–H and O–H groups in total. The van der Waals surface area contributed by atoms with E-state index in [4.69, 9.17) is 0 Å². The zero-order chi connectivity index (χ0) is 12.9. The molecule has 0 aromatic heterocycles. The minimum absolute atomic E-state index is 0.0194. The third-order valence-electron chi connectivity index (χ3n) is 2.94. The van der Waals surface area contributed by atoms with Gasteiger partial charge in [-0.1, -0.05) is 32.3 Å². The molecule has 1 aromatic rings. The van der Waals surface area contributed by atoms with Crippen molar-refractivity contribution in [2.45, 2.75) is 51.6 Å². The third kappa shape index (κ3) is 4.43. The van der Waals surface area contributed by atoms with Crippen LogP contribution in [0.25, 0.3) is 0 Å². The van der Waals surface area contributed by atoms with Crippen molar-refractivity contribution in [3.05, 3.63) is 35.4 Å². The van der Waals surface area contributed by atoms with Gasteiger partial charge >= 0.3 is 0 Å². The van der Waals surface area contributed by atoms with Gasteiger partial charge in [0.25, 0.3) is 0 Å². The Balaban J connectivity index is 2.69. The number of hydrogen-bond donors (Lipinski definition) is 1.